The molecule has 2 rings (SSSR count). The predicted octanol–water partition coefficient (Wildman–Crippen LogP) is 6.68. The van der Waals surface area contributed by atoms with Crippen molar-refractivity contribution in [3.8, 4) is 11.5 Å². The monoisotopic (exact) mass is 609 g/mol. The Balaban J connectivity index is 2.24. The van der Waals surface area contributed by atoms with Crippen LogP contribution in [0.5, 0.6) is 11.5 Å². The minimum absolute atomic E-state index is 0.146. The van der Waals surface area contributed by atoms with E-state index in [0.717, 1.165) is 32.1 Å². The van der Waals surface area contributed by atoms with E-state index in [4.69, 9.17) is 34.2 Å². The van der Waals surface area contributed by atoms with Gasteiger partial charge in [-0.25, -0.2) is 14.4 Å². The molecule has 0 spiro atoms. The van der Waals surface area contributed by atoms with Crippen molar-refractivity contribution in [3.63, 3.8) is 0 Å². The van der Waals surface area contributed by atoms with Crippen molar-refractivity contribution >= 4 is 24.4 Å². The molecule has 0 saturated heterocycles. The third-order valence-electron chi connectivity index (χ3n) is 7.53. The van der Waals surface area contributed by atoms with Gasteiger partial charge in [0, 0.05) is 12.8 Å². The van der Waals surface area contributed by atoms with Gasteiger partial charge in [0.15, 0.2) is 11.5 Å². The first kappa shape index (κ1) is 35.7. The third-order valence-corrected chi connectivity index (χ3v) is 7.53. The Morgan fingerprint density at radius 2 is 1.42 bits per heavy atom. The lowest BCUT2D eigenvalue weighted by Crippen LogP contribution is -2.52. The second kappa shape index (κ2) is 15.3. The average Bonchev–Trinajstić information content (AvgIpc) is 2.89. The quantitative estimate of drug-likeness (QED) is 0.138. The van der Waals surface area contributed by atoms with Gasteiger partial charge in [-0.15, -0.1) is 0 Å². The van der Waals surface area contributed by atoms with Crippen LogP contribution in [0.25, 0.3) is 0 Å². The summed E-state index contributed by atoms with van der Waals surface area (Å²) in [5, 5.41) is 10.0. The van der Waals surface area contributed by atoms with Crippen molar-refractivity contribution in [1.82, 2.24) is 0 Å². The predicted molar refractivity (Wildman–Crippen MR) is 156 cm³/mol. The van der Waals surface area contributed by atoms with Crippen molar-refractivity contribution < 1.29 is 52.7 Å². The summed E-state index contributed by atoms with van der Waals surface area (Å²) in [6, 6.07) is 4.16. The van der Waals surface area contributed by atoms with Crippen LogP contribution in [0, 0.1) is 0 Å². The van der Waals surface area contributed by atoms with Crippen molar-refractivity contribution in [2.45, 2.75) is 135 Å². The van der Waals surface area contributed by atoms with E-state index in [9.17, 15) is 24.3 Å². The number of carboxylic acids is 1. The Bertz CT molecular complexity index is 1130. The lowest BCUT2D eigenvalue weighted by atomic mass is 9.86. The summed E-state index contributed by atoms with van der Waals surface area (Å²) in [4.78, 5) is 49.7. The van der Waals surface area contributed by atoms with Gasteiger partial charge in [0.25, 0.3) is 0 Å². The highest BCUT2D eigenvalue weighted by atomic mass is 16.8. The summed E-state index contributed by atoms with van der Waals surface area (Å²) >= 11 is 0. The number of nitrogens with two attached hydrogens (primary N) is 1. The highest BCUT2D eigenvalue weighted by Crippen LogP contribution is 2.33. The molecule has 0 aliphatic heterocycles. The average molecular weight is 610 g/mol. The van der Waals surface area contributed by atoms with Crippen LogP contribution in [-0.2, 0) is 30.2 Å². The SMILES string of the molecule is CCC(C)(C)OC(=O)Oc1ccc(CC(N)(C[C@H](C)OC(=O)OC2CCCCC2)C(=O)O)cc1OC(=O)OC(C)(C)CC. The molecule has 12 heteroatoms. The van der Waals surface area contributed by atoms with Crippen LogP contribution in [-0.4, -0.2) is 58.5 Å². The number of carboxylic acid groups (broad SMARTS) is 1. The third kappa shape index (κ3) is 11.9. The van der Waals surface area contributed by atoms with E-state index in [0.29, 0.717) is 18.4 Å². The molecule has 1 aliphatic carbocycles. The van der Waals surface area contributed by atoms with Gasteiger partial charge >= 0.3 is 24.4 Å². The van der Waals surface area contributed by atoms with Gasteiger partial charge in [-0.05, 0) is 90.8 Å². The number of carbonyl (C=O) groups is 4. The molecular weight excluding hydrogens is 562 g/mol. The number of rotatable bonds is 13. The van der Waals surface area contributed by atoms with Crippen LogP contribution in [0.1, 0.15) is 105 Å². The molecule has 1 aromatic rings. The molecule has 12 nitrogen and oxygen atoms in total. The molecular formula is C31H47NO11. The largest absolute Gasteiger partial charge is 0.514 e. The first-order chi connectivity index (χ1) is 20.0. The normalized spacial score (nSPS) is 16.3. The fraction of sp³-hybridized carbons (Fsp3) is 0.677. The molecule has 3 N–H and O–H groups in total. The first-order valence-electron chi connectivity index (χ1n) is 14.8. The minimum atomic E-state index is -1.88. The Labute approximate surface area is 253 Å². The molecule has 0 aromatic heterocycles. The molecule has 1 unspecified atom stereocenters. The lowest BCUT2D eigenvalue weighted by molar-refractivity contribution is -0.144. The Hall–Kier alpha value is -3.54. The van der Waals surface area contributed by atoms with Crippen LogP contribution in [0.3, 0.4) is 0 Å². The van der Waals surface area contributed by atoms with E-state index in [-0.39, 0.29) is 30.4 Å². The van der Waals surface area contributed by atoms with E-state index in [1.54, 1.807) is 27.7 Å². The molecule has 1 aliphatic rings. The van der Waals surface area contributed by atoms with Gasteiger partial charge in [0.1, 0.15) is 28.9 Å². The van der Waals surface area contributed by atoms with E-state index in [1.165, 1.54) is 25.1 Å². The Morgan fingerprint density at radius 3 is 1.93 bits per heavy atom. The fourth-order valence-electron chi connectivity index (χ4n) is 4.31. The number of carbonyl (C=O) groups excluding carboxylic acids is 3. The summed E-state index contributed by atoms with van der Waals surface area (Å²) in [5.74, 6) is -1.68. The zero-order chi connectivity index (χ0) is 32.4. The van der Waals surface area contributed by atoms with Crippen molar-refractivity contribution in [2.24, 2.45) is 5.73 Å². The molecule has 43 heavy (non-hydrogen) atoms. The maximum Gasteiger partial charge on any atom is 0.514 e. The summed E-state index contributed by atoms with van der Waals surface area (Å²) in [6.45, 7) is 12.0. The minimum Gasteiger partial charge on any atom is -0.480 e. The van der Waals surface area contributed by atoms with Crippen LogP contribution < -0.4 is 15.2 Å². The fourth-order valence-corrected chi connectivity index (χ4v) is 4.31. The molecule has 0 radical (unpaired) electrons. The number of aliphatic carboxylic acids is 1. The van der Waals surface area contributed by atoms with E-state index in [1.807, 2.05) is 13.8 Å². The smallest absolute Gasteiger partial charge is 0.480 e. The molecule has 0 amide bonds. The van der Waals surface area contributed by atoms with E-state index >= 15 is 0 Å². The summed E-state index contributed by atoms with van der Waals surface area (Å²) in [6.07, 6.45) is 1.10. The molecule has 1 fully saturated rings. The van der Waals surface area contributed by atoms with Crippen molar-refractivity contribution in [3.05, 3.63) is 23.8 Å². The lowest BCUT2D eigenvalue weighted by Gasteiger charge is -2.29. The van der Waals surface area contributed by atoms with E-state index in [2.05, 4.69) is 0 Å². The molecule has 1 saturated carbocycles. The van der Waals surface area contributed by atoms with Crippen LogP contribution >= 0.6 is 0 Å². The highest BCUT2D eigenvalue weighted by molar-refractivity contribution is 5.79. The van der Waals surface area contributed by atoms with E-state index < -0.39 is 47.3 Å². The topological polar surface area (TPSA) is 170 Å². The standard InChI is InChI=1S/C31H47NO11/c1-8-29(4,5)42-27(36)40-23-16-15-21(17-24(23)41-28(37)43-30(6,7)9-2)19-31(32,25(33)34)18-20(3)38-26(35)39-22-13-11-10-12-14-22/h15-17,20,22H,8-14,18-19,32H2,1-7H3,(H,33,34)/t20-,31?/m0/s1. The number of benzene rings is 1. The number of ether oxygens (including phenoxy) is 6. The zero-order valence-corrected chi connectivity index (χ0v) is 26.4. The number of hydrogen-bond acceptors (Lipinski definition) is 11. The van der Waals surface area contributed by atoms with Crippen LogP contribution in [0.4, 0.5) is 14.4 Å². The molecule has 242 valence electrons. The molecule has 0 heterocycles. The molecule has 1 aromatic carbocycles. The maximum atomic E-state index is 12.6. The van der Waals surface area contributed by atoms with Gasteiger partial charge in [-0.1, -0.05) is 26.3 Å². The zero-order valence-electron chi connectivity index (χ0n) is 26.4. The second-order valence-electron chi connectivity index (χ2n) is 12.3. The number of hydrogen-bond donors (Lipinski definition) is 2. The maximum absolute atomic E-state index is 12.6. The molecule has 2 atom stereocenters. The first-order valence-corrected chi connectivity index (χ1v) is 14.8. The Morgan fingerprint density at radius 1 is 0.884 bits per heavy atom. The van der Waals surface area contributed by atoms with Crippen LogP contribution in [0.2, 0.25) is 0 Å². The highest BCUT2D eigenvalue weighted by Gasteiger charge is 2.38. The van der Waals surface area contributed by atoms with Gasteiger partial charge < -0.3 is 39.3 Å². The van der Waals surface area contributed by atoms with Gasteiger partial charge in [-0.2, -0.15) is 0 Å². The van der Waals surface area contributed by atoms with Gasteiger partial charge in [0.2, 0.25) is 0 Å². The van der Waals surface area contributed by atoms with Crippen LogP contribution in [0.15, 0.2) is 18.2 Å². The van der Waals surface area contributed by atoms with Crippen molar-refractivity contribution in [1.29, 1.82) is 0 Å². The second-order valence-corrected chi connectivity index (χ2v) is 12.3. The van der Waals surface area contributed by atoms with Crippen molar-refractivity contribution in [2.75, 3.05) is 0 Å². The Kier molecular flexibility index (Phi) is 12.7. The summed E-state index contributed by atoms with van der Waals surface area (Å²) < 4.78 is 32.1. The summed E-state index contributed by atoms with van der Waals surface area (Å²) in [5.41, 5.74) is 3.16. The summed E-state index contributed by atoms with van der Waals surface area (Å²) in [7, 11) is 0. The van der Waals surface area contributed by atoms with Gasteiger partial charge in [-0.3, -0.25) is 4.79 Å². The van der Waals surface area contributed by atoms with Gasteiger partial charge in [0.05, 0.1) is 0 Å². The molecule has 0 bridgehead atoms.